The Hall–Kier alpha value is -5.02. The molecular weight excluding hydrogens is 876 g/mol. The summed E-state index contributed by atoms with van der Waals surface area (Å²) in [6.45, 7) is 5.39. The lowest BCUT2D eigenvalue weighted by Crippen LogP contribution is -2.52. The zero-order chi connectivity index (χ0) is 48.9. The summed E-state index contributed by atoms with van der Waals surface area (Å²) < 4.78 is 14.2. The highest BCUT2D eigenvalue weighted by molar-refractivity contribution is 7.51. The first-order valence-corrected chi connectivity index (χ1v) is 25.7. The number of nitrogens with two attached hydrogens (primary N) is 1. The Bertz CT molecular complexity index is 2090. The van der Waals surface area contributed by atoms with Crippen LogP contribution in [0.4, 0.5) is 0 Å². The van der Waals surface area contributed by atoms with Gasteiger partial charge in [0.1, 0.15) is 12.1 Å². The number of Topliss-reactive ketones (excluding diaryl/α,β-unsaturated/α-hetero) is 2. The summed E-state index contributed by atoms with van der Waals surface area (Å²) in [5.74, 6) is -7.02. The summed E-state index contributed by atoms with van der Waals surface area (Å²) >= 11 is 0. The van der Waals surface area contributed by atoms with E-state index in [4.69, 9.17) is 5.73 Å². The van der Waals surface area contributed by atoms with E-state index in [1.165, 1.54) is 17.4 Å². The Kier molecular flexibility index (Phi) is 22.6. The molecule has 4 rings (SSSR count). The van der Waals surface area contributed by atoms with Crippen LogP contribution in [0.15, 0.2) is 73.2 Å². The van der Waals surface area contributed by atoms with E-state index in [0.29, 0.717) is 38.0 Å². The number of imidazole rings is 1. The van der Waals surface area contributed by atoms with Crippen LogP contribution in [-0.4, -0.2) is 102 Å². The van der Waals surface area contributed by atoms with E-state index in [0.717, 1.165) is 50.5 Å². The molecule has 1 aliphatic rings. The van der Waals surface area contributed by atoms with Crippen LogP contribution in [0.2, 0.25) is 0 Å². The van der Waals surface area contributed by atoms with Crippen molar-refractivity contribution in [2.45, 2.75) is 142 Å². The van der Waals surface area contributed by atoms with Gasteiger partial charge in [-0.25, -0.2) is 4.98 Å². The number of aliphatic hydroxyl groups excluding tert-OH is 1. The summed E-state index contributed by atoms with van der Waals surface area (Å²) in [6.07, 6.45) is 10.8. The molecule has 1 fully saturated rings. The molecule has 7 N–H and O–H groups in total. The number of benzene rings is 2. The Morgan fingerprint density at radius 2 is 1.45 bits per heavy atom. The van der Waals surface area contributed by atoms with Crippen molar-refractivity contribution in [2.75, 3.05) is 19.3 Å². The number of amides is 4. The summed E-state index contributed by atoms with van der Waals surface area (Å²) in [5.41, 5.74) is 8.63. The van der Waals surface area contributed by atoms with Crippen LogP contribution in [0, 0.1) is 23.7 Å². The van der Waals surface area contributed by atoms with Gasteiger partial charge in [-0.1, -0.05) is 100 Å². The van der Waals surface area contributed by atoms with E-state index in [1.807, 2.05) is 54.8 Å². The predicted octanol–water partition coefficient (Wildman–Crippen LogP) is 5.09. The van der Waals surface area contributed by atoms with Gasteiger partial charge in [-0.15, -0.1) is 0 Å². The number of carbonyl (C=O) groups is 6. The maximum atomic E-state index is 14.4. The highest BCUT2D eigenvalue weighted by Gasteiger charge is 2.38. The number of nitrogens with zero attached hydrogens (tertiary/aromatic N) is 3. The van der Waals surface area contributed by atoms with Crippen molar-refractivity contribution in [3.05, 3.63) is 90.0 Å². The molecule has 1 aliphatic heterocycles. The van der Waals surface area contributed by atoms with Crippen LogP contribution >= 0.6 is 7.60 Å². The van der Waals surface area contributed by atoms with E-state index >= 15 is 0 Å². The number of ketones is 2. The second-order valence-electron chi connectivity index (χ2n) is 18.6. The van der Waals surface area contributed by atoms with Crippen molar-refractivity contribution in [1.29, 1.82) is 0 Å². The lowest BCUT2D eigenvalue weighted by molar-refractivity contribution is -0.138. The van der Waals surface area contributed by atoms with Gasteiger partial charge in [0.15, 0.2) is 11.6 Å². The number of unbranched alkanes of at least 4 members (excludes halogenated alkanes) is 5. The monoisotopic (exact) mass is 949 g/mol. The highest BCUT2D eigenvalue weighted by Crippen LogP contribution is 2.41. The summed E-state index contributed by atoms with van der Waals surface area (Å²) in [7, 11) is -4.68. The molecule has 1 aromatic heterocycles. The smallest absolute Gasteiger partial charge is 0.325 e. The summed E-state index contributed by atoms with van der Waals surface area (Å²) in [5, 5.41) is 16.0. The SMILES string of the molecule is CC(=O)N1CCC[C@H]1C(=O)N[C@@H](CC(C)C)C(=O)C[C@@H](Cc1cncn1CCCCCCCCc1ccccc1)C(=O)N[C@@H](CO)C(=O)C[C@@H](C(N)=O)[C@H](CCc1ccccc1)CP(=O)(O)O. The summed E-state index contributed by atoms with van der Waals surface area (Å²) in [6, 6.07) is 16.3. The highest BCUT2D eigenvalue weighted by atomic mass is 31.2. The molecule has 17 heteroatoms. The van der Waals surface area contributed by atoms with Gasteiger partial charge >= 0.3 is 7.60 Å². The molecule has 4 amide bonds. The standard InChI is InChI=1S/C50H73N6O10P/c1-35(2)27-43(53-50(63)45-22-16-26-56(45)36(3)58)46(59)29-40(28-41-31-52-34-55(41)25-15-7-5-4-6-10-17-37-18-11-8-12-19-37)49(62)54-44(32-57)47(60)30-42(48(51)61)39(33-67(64,65)66)24-23-38-20-13-9-14-21-38/h8-9,11-14,18-21,31,34-35,39-40,42-45,57H,4-7,10,15-17,22-30,32-33H2,1-3H3,(H2,51,61)(H,53,63)(H,54,62)(H2,64,65,66)/t39-,40-,42-,43+,44+,45+/m1/s1. The number of aliphatic hydroxyl groups is 1. The fourth-order valence-corrected chi connectivity index (χ4v) is 10.2. The number of primary amides is 1. The quantitative estimate of drug-likeness (QED) is 0.0366. The lowest BCUT2D eigenvalue weighted by Gasteiger charge is -2.28. The van der Waals surface area contributed by atoms with Crippen molar-refractivity contribution in [3.63, 3.8) is 0 Å². The molecule has 2 heterocycles. The average Bonchev–Trinajstić information content (AvgIpc) is 3.97. The third-order valence-corrected chi connectivity index (χ3v) is 13.7. The molecule has 0 saturated carbocycles. The van der Waals surface area contributed by atoms with E-state index in [9.17, 15) is 48.2 Å². The lowest BCUT2D eigenvalue weighted by atomic mass is 9.83. The Balaban J connectivity index is 1.50. The minimum atomic E-state index is -4.68. The van der Waals surface area contributed by atoms with Gasteiger partial charge in [0.2, 0.25) is 23.6 Å². The van der Waals surface area contributed by atoms with Crippen LogP contribution in [-0.2, 0) is 59.1 Å². The number of carbonyl (C=O) groups excluding carboxylic acids is 6. The van der Waals surface area contributed by atoms with Gasteiger partial charge in [0, 0.05) is 57.1 Å². The molecule has 0 bridgehead atoms. The molecule has 1 saturated heterocycles. The van der Waals surface area contributed by atoms with E-state index in [-0.39, 0.29) is 37.5 Å². The number of aromatic nitrogens is 2. The van der Waals surface area contributed by atoms with Crippen molar-refractivity contribution in [2.24, 2.45) is 29.4 Å². The molecule has 368 valence electrons. The number of aryl methyl sites for hydroxylation is 3. The van der Waals surface area contributed by atoms with Gasteiger partial charge in [-0.05, 0) is 74.3 Å². The van der Waals surface area contributed by atoms with Gasteiger partial charge < -0.3 is 40.7 Å². The predicted molar refractivity (Wildman–Crippen MR) is 255 cm³/mol. The molecule has 0 unspecified atom stereocenters. The van der Waals surface area contributed by atoms with Gasteiger partial charge in [0.25, 0.3) is 0 Å². The molecule has 6 atom stereocenters. The molecule has 16 nitrogen and oxygen atoms in total. The second-order valence-corrected chi connectivity index (χ2v) is 20.3. The summed E-state index contributed by atoms with van der Waals surface area (Å²) in [4.78, 5) is 107. The normalized spacial score (nSPS) is 16.2. The van der Waals surface area contributed by atoms with E-state index < -0.39 is 92.0 Å². The first kappa shape index (κ1) is 54.6. The van der Waals surface area contributed by atoms with Crippen LogP contribution in [0.1, 0.15) is 115 Å². The molecule has 2 aromatic carbocycles. The molecule has 67 heavy (non-hydrogen) atoms. The third kappa shape index (κ3) is 18.9. The third-order valence-electron chi connectivity index (χ3n) is 12.8. The molecule has 0 radical (unpaired) electrons. The van der Waals surface area contributed by atoms with Crippen LogP contribution in [0.5, 0.6) is 0 Å². The van der Waals surface area contributed by atoms with Crippen molar-refractivity contribution < 1.29 is 48.2 Å². The minimum absolute atomic E-state index is 0.0280. The maximum absolute atomic E-state index is 14.4. The Morgan fingerprint density at radius 3 is 2.04 bits per heavy atom. The van der Waals surface area contributed by atoms with Crippen LogP contribution in [0.25, 0.3) is 0 Å². The number of rotatable bonds is 31. The molecule has 3 aromatic rings. The fourth-order valence-electron chi connectivity index (χ4n) is 9.10. The average molecular weight is 949 g/mol. The van der Waals surface area contributed by atoms with Crippen LogP contribution in [0.3, 0.4) is 0 Å². The molecule has 0 aliphatic carbocycles. The van der Waals surface area contributed by atoms with Crippen molar-refractivity contribution >= 4 is 42.8 Å². The largest absolute Gasteiger partial charge is 0.394 e. The minimum Gasteiger partial charge on any atom is -0.394 e. The first-order valence-electron chi connectivity index (χ1n) is 23.9. The number of nitrogens with one attached hydrogen (secondary N) is 2. The fraction of sp³-hybridized carbons (Fsp3) is 0.580. The van der Waals surface area contributed by atoms with E-state index in [1.54, 1.807) is 12.5 Å². The van der Waals surface area contributed by atoms with Gasteiger partial charge in [-0.3, -0.25) is 33.3 Å². The molecular formula is C50H73N6O10P. The zero-order valence-corrected chi connectivity index (χ0v) is 40.4. The van der Waals surface area contributed by atoms with Crippen molar-refractivity contribution in [3.8, 4) is 0 Å². The van der Waals surface area contributed by atoms with Gasteiger partial charge in [0.05, 0.1) is 31.1 Å². The van der Waals surface area contributed by atoms with Crippen LogP contribution < -0.4 is 16.4 Å². The topological polar surface area (TPSA) is 251 Å². The number of hydrogen-bond donors (Lipinski definition) is 6. The zero-order valence-electron chi connectivity index (χ0n) is 39.5. The van der Waals surface area contributed by atoms with Gasteiger partial charge in [-0.2, -0.15) is 0 Å². The Labute approximate surface area is 395 Å². The number of likely N-dealkylation sites (tertiary alicyclic amines) is 1. The second kappa shape index (κ2) is 27.7. The van der Waals surface area contributed by atoms with E-state index in [2.05, 4.69) is 39.9 Å². The van der Waals surface area contributed by atoms with Crippen molar-refractivity contribution in [1.82, 2.24) is 25.1 Å². The maximum Gasteiger partial charge on any atom is 0.325 e. The Morgan fingerprint density at radius 1 is 0.836 bits per heavy atom. The number of hydrogen-bond acceptors (Lipinski definition) is 9. The first-order chi connectivity index (χ1) is 31.9. The molecule has 0 spiro atoms.